The normalized spacial score (nSPS) is 12.8. The third-order valence-electron chi connectivity index (χ3n) is 11.1. The molecule has 4 heterocycles. The second kappa shape index (κ2) is 10.8. The van der Waals surface area contributed by atoms with E-state index in [1.54, 1.807) is 0 Å². The van der Waals surface area contributed by atoms with Crippen molar-refractivity contribution in [1.29, 1.82) is 0 Å². The Morgan fingerprint density at radius 1 is 0.415 bits per heavy atom. The minimum Gasteiger partial charge on any atom is -0.551 e. The van der Waals surface area contributed by atoms with Gasteiger partial charge in [0.2, 0.25) is 0 Å². The van der Waals surface area contributed by atoms with Crippen LogP contribution in [0.4, 0.5) is 0 Å². The van der Waals surface area contributed by atoms with Gasteiger partial charge < -0.3 is 18.4 Å². The van der Waals surface area contributed by atoms with Crippen LogP contribution in [0, 0.1) is 0 Å². The highest BCUT2D eigenvalue weighted by Gasteiger charge is 2.41. The Kier molecular flexibility index (Phi) is 5.83. The molecule has 2 aliphatic heterocycles. The first-order valence-electron chi connectivity index (χ1n) is 18.0. The lowest BCUT2D eigenvalue weighted by Gasteiger charge is -2.33. The lowest BCUT2D eigenvalue weighted by Crippen LogP contribution is -2.53. The van der Waals surface area contributed by atoms with Crippen molar-refractivity contribution in [3.63, 3.8) is 0 Å². The molecule has 5 heteroatoms. The average molecular weight is 678 g/mol. The first-order chi connectivity index (χ1) is 26.2. The summed E-state index contributed by atoms with van der Waals surface area (Å²) in [5.41, 5.74) is 13.9. The third-order valence-corrected chi connectivity index (χ3v) is 11.1. The van der Waals surface area contributed by atoms with Crippen LogP contribution in [0.15, 0.2) is 174 Å². The van der Waals surface area contributed by atoms with E-state index in [-0.39, 0.29) is 6.92 Å². The predicted molar refractivity (Wildman–Crippen MR) is 217 cm³/mol. The van der Waals surface area contributed by atoms with E-state index in [1.807, 2.05) is 18.2 Å². The van der Waals surface area contributed by atoms with Crippen molar-refractivity contribution in [2.24, 2.45) is 0 Å². The van der Waals surface area contributed by atoms with E-state index in [2.05, 4.69) is 156 Å². The first kappa shape index (κ1) is 28.7. The van der Waals surface area contributed by atoms with Crippen molar-refractivity contribution in [2.75, 3.05) is 0 Å². The highest BCUT2D eigenvalue weighted by molar-refractivity contribution is 6.84. The molecule has 0 radical (unpaired) electrons. The molecular formula is C48H28BNO3. The number of furan rings is 1. The highest BCUT2D eigenvalue weighted by atomic mass is 16.5. The summed E-state index contributed by atoms with van der Waals surface area (Å²) in [5, 5.41) is 4.74. The quantitative estimate of drug-likeness (QED) is 0.175. The van der Waals surface area contributed by atoms with E-state index in [0.29, 0.717) is 0 Å². The predicted octanol–water partition coefficient (Wildman–Crippen LogP) is 11.3. The summed E-state index contributed by atoms with van der Waals surface area (Å²) in [6.45, 7) is -0.317. The molecule has 0 atom stereocenters. The number of fused-ring (bicyclic) bond motifs is 10. The minimum absolute atomic E-state index is 0.317. The van der Waals surface area contributed by atoms with Gasteiger partial charge in [0, 0.05) is 43.7 Å². The van der Waals surface area contributed by atoms with Crippen LogP contribution in [0.3, 0.4) is 0 Å². The molecule has 0 amide bonds. The van der Waals surface area contributed by atoms with Crippen molar-refractivity contribution in [2.45, 2.75) is 0 Å². The Labute approximate surface area is 305 Å². The van der Waals surface area contributed by atoms with Crippen molar-refractivity contribution >= 4 is 61.6 Å². The zero-order valence-electron chi connectivity index (χ0n) is 28.4. The summed E-state index contributed by atoms with van der Waals surface area (Å²) in [6, 6.07) is 60.0. The van der Waals surface area contributed by atoms with Crippen LogP contribution in [-0.4, -0.2) is 11.5 Å². The third kappa shape index (κ3) is 4.19. The highest BCUT2D eigenvalue weighted by Crippen LogP contribution is 2.43. The van der Waals surface area contributed by atoms with Gasteiger partial charge in [0.25, 0.3) is 0 Å². The molecule has 0 fully saturated rings. The monoisotopic (exact) mass is 677 g/mol. The Bertz CT molecular complexity index is 3100. The standard InChI is InChI=1S/C48H28BNO3/c1-5-16-41-34(12-1)35-13-2-6-17-42(35)50(41)33-21-23-45-40(28-33)49-48-39(37-15-4-8-19-44(37)53-49)25-32(27-47(48)52-45)30-11-9-10-29(24-30)31-20-22-38-36-14-3-7-18-43(36)51-46(38)26-31/h1-28H. The fourth-order valence-corrected chi connectivity index (χ4v) is 8.64. The molecule has 8 aromatic carbocycles. The van der Waals surface area contributed by atoms with E-state index < -0.39 is 0 Å². The molecule has 0 saturated carbocycles. The molecule has 53 heavy (non-hydrogen) atoms. The van der Waals surface area contributed by atoms with Crippen LogP contribution in [0.1, 0.15) is 0 Å². The van der Waals surface area contributed by atoms with E-state index in [4.69, 9.17) is 13.8 Å². The molecule has 4 nitrogen and oxygen atoms in total. The molecule has 0 bridgehead atoms. The maximum absolute atomic E-state index is 6.89. The maximum Gasteiger partial charge on any atom is 0.434 e. The van der Waals surface area contributed by atoms with Crippen LogP contribution >= 0.6 is 0 Å². The van der Waals surface area contributed by atoms with E-state index in [9.17, 15) is 0 Å². The van der Waals surface area contributed by atoms with Gasteiger partial charge in [0.05, 0.1) is 11.0 Å². The van der Waals surface area contributed by atoms with E-state index >= 15 is 0 Å². The van der Waals surface area contributed by atoms with Crippen LogP contribution < -0.4 is 20.3 Å². The first-order valence-corrected chi connectivity index (χ1v) is 18.0. The Balaban J connectivity index is 0.994. The molecule has 12 rings (SSSR count). The topological polar surface area (TPSA) is 36.5 Å². The molecule has 2 aromatic heterocycles. The fraction of sp³-hybridized carbons (Fsp3) is 0. The van der Waals surface area contributed by atoms with Gasteiger partial charge in [0.1, 0.15) is 28.4 Å². The van der Waals surface area contributed by atoms with Gasteiger partial charge in [-0.2, -0.15) is 0 Å². The number of aromatic nitrogens is 1. The SMILES string of the molecule is c1cc(-c2cc3c4c(c2)-c2ccccc2OB4c2cc(-n4c5ccccc5c5ccccc54)ccc2O3)cc(-c2ccc3c(c2)oc2ccccc23)c1. The average Bonchev–Trinajstić information content (AvgIpc) is 3.76. The van der Waals surface area contributed by atoms with Crippen molar-refractivity contribution in [3.05, 3.63) is 170 Å². The lowest BCUT2D eigenvalue weighted by molar-refractivity contribution is 0.479. The zero-order valence-corrected chi connectivity index (χ0v) is 28.4. The summed E-state index contributed by atoms with van der Waals surface area (Å²) < 4.78 is 22.3. The summed E-state index contributed by atoms with van der Waals surface area (Å²) in [5.74, 6) is 2.50. The summed E-state index contributed by atoms with van der Waals surface area (Å²) in [4.78, 5) is 0. The number of nitrogens with zero attached hydrogens (tertiary/aromatic N) is 1. The van der Waals surface area contributed by atoms with E-state index in [1.165, 1.54) is 21.8 Å². The van der Waals surface area contributed by atoms with Gasteiger partial charge in [-0.25, -0.2) is 0 Å². The second-order valence-electron chi connectivity index (χ2n) is 14.0. The van der Waals surface area contributed by atoms with Gasteiger partial charge >= 0.3 is 6.92 Å². The number of hydrogen-bond donors (Lipinski definition) is 0. The van der Waals surface area contributed by atoms with Crippen molar-refractivity contribution < 1.29 is 13.8 Å². The lowest BCUT2D eigenvalue weighted by atomic mass is 9.50. The number of benzene rings is 8. The number of ether oxygens (including phenoxy) is 1. The maximum atomic E-state index is 6.89. The fourth-order valence-electron chi connectivity index (χ4n) is 8.64. The van der Waals surface area contributed by atoms with Crippen LogP contribution in [-0.2, 0) is 0 Å². The Hall–Kier alpha value is -6.98. The van der Waals surface area contributed by atoms with Crippen LogP contribution in [0.25, 0.3) is 82.8 Å². The molecular weight excluding hydrogens is 649 g/mol. The molecule has 0 aliphatic carbocycles. The van der Waals surface area contributed by atoms with Gasteiger partial charge in [0.15, 0.2) is 0 Å². The van der Waals surface area contributed by atoms with Gasteiger partial charge in [-0.1, -0.05) is 97.1 Å². The Morgan fingerprint density at radius 3 is 1.96 bits per heavy atom. The smallest absolute Gasteiger partial charge is 0.434 e. The number of para-hydroxylation sites is 4. The van der Waals surface area contributed by atoms with Crippen molar-refractivity contribution in [3.8, 4) is 56.3 Å². The van der Waals surface area contributed by atoms with Gasteiger partial charge in [-0.3, -0.25) is 0 Å². The van der Waals surface area contributed by atoms with Gasteiger partial charge in [-0.15, -0.1) is 0 Å². The van der Waals surface area contributed by atoms with Crippen LogP contribution in [0.2, 0.25) is 0 Å². The molecule has 0 saturated heterocycles. The summed E-state index contributed by atoms with van der Waals surface area (Å²) in [6.07, 6.45) is 0. The number of rotatable bonds is 3. The molecule has 246 valence electrons. The minimum atomic E-state index is -0.317. The molecule has 0 N–H and O–H groups in total. The zero-order chi connectivity index (χ0) is 34.6. The molecule has 0 spiro atoms. The van der Waals surface area contributed by atoms with E-state index in [0.717, 1.165) is 89.2 Å². The largest absolute Gasteiger partial charge is 0.551 e. The molecule has 2 aliphatic rings. The molecule has 0 unspecified atom stereocenters. The number of hydrogen-bond acceptors (Lipinski definition) is 3. The summed E-state index contributed by atoms with van der Waals surface area (Å²) >= 11 is 0. The van der Waals surface area contributed by atoms with Crippen LogP contribution in [0.5, 0.6) is 17.2 Å². The van der Waals surface area contributed by atoms with Crippen molar-refractivity contribution in [1.82, 2.24) is 4.57 Å². The second-order valence-corrected chi connectivity index (χ2v) is 14.0. The van der Waals surface area contributed by atoms with Gasteiger partial charge in [-0.05, 0) is 101 Å². The Morgan fingerprint density at radius 2 is 1.11 bits per heavy atom. The molecule has 10 aromatic rings. The summed E-state index contributed by atoms with van der Waals surface area (Å²) in [7, 11) is 0.